The summed E-state index contributed by atoms with van der Waals surface area (Å²) in [6, 6.07) is 5.87. The van der Waals surface area contributed by atoms with Gasteiger partial charge in [0.2, 0.25) is 0 Å². The second kappa shape index (κ2) is 6.15. The molecule has 1 fully saturated rings. The van der Waals surface area contributed by atoms with Crippen LogP contribution < -0.4 is 5.32 Å². The number of aromatic nitrogens is 2. The van der Waals surface area contributed by atoms with E-state index in [0.717, 1.165) is 12.8 Å². The number of rotatable bonds is 3. The average molecular weight is 304 g/mol. The Morgan fingerprint density at radius 3 is 3.05 bits per heavy atom. The number of urea groups is 1. The van der Waals surface area contributed by atoms with Crippen molar-refractivity contribution in [2.45, 2.75) is 18.9 Å². The summed E-state index contributed by atoms with van der Waals surface area (Å²) in [6.07, 6.45) is 4.71. The molecular formula is C15H17FN4O2. The number of halogens is 1. The van der Waals surface area contributed by atoms with Gasteiger partial charge < -0.3 is 15.3 Å². The zero-order valence-corrected chi connectivity index (χ0v) is 11.9. The average Bonchev–Trinajstić information content (AvgIpc) is 3.16. The number of aliphatic hydroxyl groups excluding tert-OH is 1. The second-order valence-corrected chi connectivity index (χ2v) is 5.23. The summed E-state index contributed by atoms with van der Waals surface area (Å²) in [4.78, 5) is 13.8. The highest BCUT2D eigenvalue weighted by Crippen LogP contribution is 2.19. The maximum absolute atomic E-state index is 13.7. The molecule has 0 saturated carbocycles. The van der Waals surface area contributed by atoms with Gasteiger partial charge in [0.15, 0.2) is 0 Å². The monoisotopic (exact) mass is 304 g/mol. The van der Waals surface area contributed by atoms with Crippen LogP contribution in [-0.2, 0) is 0 Å². The molecule has 6 nitrogen and oxygen atoms in total. The molecule has 7 heteroatoms. The molecule has 1 atom stereocenters. The molecule has 0 spiro atoms. The van der Waals surface area contributed by atoms with E-state index in [-0.39, 0.29) is 24.5 Å². The lowest BCUT2D eigenvalue weighted by molar-refractivity contribution is 0.166. The maximum Gasteiger partial charge on any atom is 0.322 e. The number of anilines is 1. The number of carbonyl (C=O) groups is 1. The van der Waals surface area contributed by atoms with Gasteiger partial charge in [-0.3, -0.25) is 0 Å². The fourth-order valence-electron chi connectivity index (χ4n) is 2.64. The molecule has 1 unspecified atom stereocenters. The fraction of sp³-hybridized carbons (Fsp3) is 0.333. The summed E-state index contributed by atoms with van der Waals surface area (Å²) < 4.78 is 15.1. The van der Waals surface area contributed by atoms with E-state index in [1.165, 1.54) is 16.9 Å². The van der Waals surface area contributed by atoms with Crippen molar-refractivity contribution in [1.82, 2.24) is 14.7 Å². The molecule has 1 aliphatic rings. The fourth-order valence-corrected chi connectivity index (χ4v) is 2.64. The van der Waals surface area contributed by atoms with E-state index < -0.39 is 0 Å². The van der Waals surface area contributed by atoms with Gasteiger partial charge >= 0.3 is 6.03 Å². The molecule has 0 bridgehead atoms. The Hall–Kier alpha value is -2.41. The Kier molecular flexibility index (Phi) is 4.06. The first-order chi connectivity index (χ1) is 10.7. The summed E-state index contributed by atoms with van der Waals surface area (Å²) in [5, 5.41) is 16.0. The quantitative estimate of drug-likeness (QED) is 0.911. The van der Waals surface area contributed by atoms with Crippen LogP contribution in [0.15, 0.2) is 36.7 Å². The van der Waals surface area contributed by atoms with Gasteiger partial charge in [0.1, 0.15) is 11.5 Å². The number of carbonyl (C=O) groups excluding carboxylic acids is 1. The molecule has 2 amide bonds. The Bertz CT molecular complexity index is 673. The molecule has 116 valence electrons. The molecule has 1 aromatic carbocycles. The van der Waals surface area contributed by atoms with Gasteiger partial charge in [-0.25, -0.2) is 13.9 Å². The molecule has 1 aromatic heterocycles. The molecule has 0 aliphatic carbocycles. The summed E-state index contributed by atoms with van der Waals surface area (Å²) in [6.45, 7) is 0.584. The van der Waals surface area contributed by atoms with Gasteiger partial charge in [-0.1, -0.05) is 12.1 Å². The Morgan fingerprint density at radius 1 is 1.45 bits per heavy atom. The number of benzene rings is 1. The number of hydrogen-bond donors (Lipinski definition) is 2. The van der Waals surface area contributed by atoms with E-state index in [2.05, 4.69) is 10.4 Å². The summed E-state index contributed by atoms with van der Waals surface area (Å²) >= 11 is 0. The van der Waals surface area contributed by atoms with Crippen LogP contribution >= 0.6 is 0 Å². The topological polar surface area (TPSA) is 70.4 Å². The van der Waals surface area contributed by atoms with Crippen LogP contribution in [-0.4, -0.2) is 45.0 Å². The molecule has 3 rings (SSSR count). The molecular weight excluding hydrogens is 287 g/mol. The number of nitrogens with one attached hydrogen (secondary N) is 1. The van der Waals surface area contributed by atoms with Crippen LogP contribution in [0.5, 0.6) is 0 Å². The lowest BCUT2D eigenvalue weighted by atomic mass is 10.2. The van der Waals surface area contributed by atoms with Crippen molar-refractivity contribution in [2.24, 2.45) is 0 Å². The predicted octanol–water partition coefficient (Wildman–Crippen LogP) is 2.00. The van der Waals surface area contributed by atoms with E-state index in [4.69, 9.17) is 0 Å². The Labute approximate surface area is 127 Å². The first kappa shape index (κ1) is 14.5. The van der Waals surface area contributed by atoms with E-state index in [1.54, 1.807) is 29.3 Å². The van der Waals surface area contributed by atoms with E-state index in [1.807, 2.05) is 0 Å². The van der Waals surface area contributed by atoms with Gasteiger partial charge in [0, 0.05) is 6.54 Å². The number of para-hydroxylation sites is 1. The number of nitrogens with zero attached hydrogens (tertiary/aromatic N) is 3. The Balaban J connectivity index is 1.72. The smallest absolute Gasteiger partial charge is 0.322 e. The number of amides is 2. The van der Waals surface area contributed by atoms with Crippen LogP contribution in [0.3, 0.4) is 0 Å². The number of likely N-dealkylation sites (tertiary alicyclic amines) is 1. The summed E-state index contributed by atoms with van der Waals surface area (Å²) in [5.41, 5.74) is 0.800. The largest absolute Gasteiger partial charge is 0.394 e. The minimum absolute atomic E-state index is 0.0398. The third-order valence-corrected chi connectivity index (χ3v) is 3.78. The maximum atomic E-state index is 13.7. The standard InChI is InChI=1S/C15H17FN4O2/c16-13-5-1-2-6-14(13)20-9-11(8-17-20)18-15(22)19-7-3-4-12(19)10-21/h1-2,5-6,8-9,12,21H,3-4,7,10H2,(H,18,22). The minimum Gasteiger partial charge on any atom is -0.394 e. The third kappa shape index (κ3) is 2.80. The zero-order valence-electron chi connectivity index (χ0n) is 11.9. The van der Waals surface area contributed by atoms with Crippen molar-refractivity contribution >= 4 is 11.7 Å². The highest BCUT2D eigenvalue weighted by molar-refractivity contribution is 5.89. The minimum atomic E-state index is -0.386. The molecule has 0 radical (unpaired) electrons. The molecule has 2 aromatic rings. The SMILES string of the molecule is O=C(Nc1cnn(-c2ccccc2F)c1)N1CCCC1CO. The second-order valence-electron chi connectivity index (χ2n) is 5.23. The van der Waals surface area contributed by atoms with Crippen molar-refractivity contribution in [3.63, 3.8) is 0 Å². The first-order valence-corrected chi connectivity index (χ1v) is 7.17. The van der Waals surface area contributed by atoms with Crippen LogP contribution in [0.1, 0.15) is 12.8 Å². The van der Waals surface area contributed by atoms with E-state index in [0.29, 0.717) is 17.9 Å². The van der Waals surface area contributed by atoms with Crippen LogP contribution in [0.4, 0.5) is 14.9 Å². The van der Waals surface area contributed by atoms with E-state index >= 15 is 0 Å². The van der Waals surface area contributed by atoms with Crippen LogP contribution in [0, 0.1) is 5.82 Å². The number of aliphatic hydroxyl groups is 1. The summed E-state index contributed by atoms with van der Waals surface area (Å²) in [7, 11) is 0. The normalized spacial score (nSPS) is 17.7. The van der Waals surface area contributed by atoms with Crippen LogP contribution in [0.25, 0.3) is 5.69 Å². The molecule has 2 heterocycles. The highest BCUT2D eigenvalue weighted by Gasteiger charge is 2.28. The van der Waals surface area contributed by atoms with Gasteiger partial charge in [-0.05, 0) is 25.0 Å². The molecule has 1 aliphatic heterocycles. The lowest BCUT2D eigenvalue weighted by Gasteiger charge is -2.22. The van der Waals surface area contributed by atoms with Gasteiger partial charge in [0.25, 0.3) is 0 Å². The van der Waals surface area contributed by atoms with Gasteiger partial charge in [-0.15, -0.1) is 0 Å². The Morgan fingerprint density at radius 2 is 2.27 bits per heavy atom. The molecule has 1 saturated heterocycles. The zero-order chi connectivity index (χ0) is 15.5. The molecule has 2 N–H and O–H groups in total. The van der Waals surface area contributed by atoms with Gasteiger partial charge in [-0.2, -0.15) is 5.10 Å². The third-order valence-electron chi connectivity index (χ3n) is 3.78. The first-order valence-electron chi connectivity index (χ1n) is 7.17. The van der Waals surface area contributed by atoms with E-state index in [9.17, 15) is 14.3 Å². The van der Waals surface area contributed by atoms with Crippen LogP contribution in [0.2, 0.25) is 0 Å². The molecule has 22 heavy (non-hydrogen) atoms. The van der Waals surface area contributed by atoms with Crippen molar-refractivity contribution in [3.05, 3.63) is 42.5 Å². The number of hydrogen-bond acceptors (Lipinski definition) is 3. The summed E-state index contributed by atoms with van der Waals surface area (Å²) in [5.74, 6) is -0.386. The van der Waals surface area contributed by atoms with Gasteiger partial charge in [0.05, 0.1) is 30.7 Å². The lowest BCUT2D eigenvalue weighted by Crippen LogP contribution is -2.40. The van der Waals surface area contributed by atoms with Crippen molar-refractivity contribution in [1.29, 1.82) is 0 Å². The van der Waals surface area contributed by atoms with Crippen molar-refractivity contribution in [3.8, 4) is 5.69 Å². The highest BCUT2D eigenvalue weighted by atomic mass is 19.1. The van der Waals surface area contributed by atoms with Crippen molar-refractivity contribution < 1.29 is 14.3 Å². The van der Waals surface area contributed by atoms with Crippen molar-refractivity contribution in [2.75, 3.05) is 18.5 Å². The predicted molar refractivity (Wildman–Crippen MR) is 79.4 cm³/mol.